The lowest BCUT2D eigenvalue weighted by Gasteiger charge is -2.26. The van der Waals surface area contributed by atoms with Gasteiger partial charge in [-0.05, 0) is 103 Å². The SMILES string of the molecule is Cc1cc(C)c(-c2ccnc(Oc3cc(Oc4cc(-c5cc(C(C)(C)C)ccn5)c(F)c(F)c4F)cc(N(c4ccccc4)c4ccccc4)c3)c2)c(C)c1. The van der Waals surface area contributed by atoms with Crippen LogP contribution in [0.2, 0.25) is 0 Å². The van der Waals surface area contributed by atoms with Crippen molar-refractivity contribution in [2.24, 2.45) is 0 Å². The average Bonchev–Trinajstić information content (AvgIpc) is 3.15. The summed E-state index contributed by atoms with van der Waals surface area (Å²) >= 11 is 0. The molecule has 0 aliphatic heterocycles. The molecule has 2 heterocycles. The predicted octanol–water partition coefficient (Wildman–Crippen LogP) is 13.5. The van der Waals surface area contributed by atoms with Crippen LogP contribution in [-0.4, -0.2) is 9.97 Å². The predicted molar refractivity (Wildman–Crippen MR) is 213 cm³/mol. The molecule has 2 aromatic heterocycles. The van der Waals surface area contributed by atoms with Crippen molar-refractivity contribution in [1.82, 2.24) is 9.97 Å². The first-order valence-corrected chi connectivity index (χ1v) is 18.0. The summed E-state index contributed by atoms with van der Waals surface area (Å²) in [4.78, 5) is 10.8. The molecule has 5 nitrogen and oxygen atoms in total. The van der Waals surface area contributed by atoms with E-state index in [-0.39, 0.29) is 22.4 Å². The van der Waals surface area contributed by atoms with Crippen molar-refractivity contribution in [3.8, 4) is 45.5 Å². The fraction of sp³-hybridized carbons (Fsp3) is 0.149. The second-order valence-electron chi connectivity index (χ2n) is 14.6. The van der Waals surface area contributed by atoms with Gasteiger partial charge in [-0.3, -0.25) is 4.98 Å². The largest absolute Gasteiger partial charge is 0.454 e. The number of para-hydroxylation sites is 2. The fourth-order valence-electron chi connectivity index (χ4n) is 6.79. The zero-order valence-corrected chi connectivity index (χ0v) is 31.5. The molecule has 0 unspecified atom stereocenters. The van der Waals surface area contributed by atoms with E-state index in [2.05, 4.69) is 42.9 Å². The zero-order valence-electron chi connectivity index (χ0n) is 31.5. The van der Waals surface area contributed by atoms with E-state index in [1.807, 2.05) is 111 Å². The number of benzene rings is 5. The van der Waals surface area contributed by atoms with Crippen molar-refractivity contribution in [1.29, 1.82) is 0 Å². The average molecular weight is 736 g/mol. The molecular formula is C47H40F3N3O2. The van der Waals surface area contributed by atoms with Crippen molar-refractivity contribution in [2.75, 3.05) is 4.90 Å². The molecule has 0 spiro atoms. The smallest absolute Gasteiger partial charge is 0.219 e. The van der Waals surface area contributed by atoms with E-state index in [1.54, 1.807) is 24.4 Å². The lowest BCUT2D eigenvalue weighted by atomic mass is 9.87. The maximum Gasteiger partial charge on any atom is 0.219 e. The van der Waals surface area contributed by atoms with Gasteiger partial charge in [0.2, 0.25) is 11.7 Å². The quantitative estimate of drug-likeness (QED) is 0.138. The van der Waals surface area contributed by atoms with Crippen LogP contribution in [0.25, 0.3) is 22.4 Å². The van der Waals surface area contributed by atoms with Crippen LogP contribution in [0.5, 0.6) is 23.1 Å². The van der Waals surface area contributed by atoms with Crippen LogP contribution in [0.1, 0.15) is 43.0 Å². The summed E-state index contributed by atoms with van der Waals surface area (Å²) < 4.78 is 59.0. The molecule has 0 radical (unpaired) electrons. The highest BCUT2D eigenvalue weighted by atomic mass is 19.2. The summed E-state index contributed by atoms with van der Waals surface area (Å²) in [6.07, 6.45) is 3.21. The van der Waals surface area contributed by atoms with Gasteiger partial charge in [0, 0.05) is 53.6 Å². The third-order valence-electron chi connectivity index (χ3n) is 9.32. The molecule has 55 heavy (non-hydrogen) atoms. The molecule has 0 fully saturated rings. The van der Waals surface area contributed by atoms with Gasteiger partial charge in [-0.1, -0.05) is 74.9 Å². The van der Waals surface area contributed by atoms with Crippen LogP contribution in [-0.2, 0) is 5.41 Å². The van der Waals surface area contributed by atoms with Crippen molar-refractivity contribution in [3.63, 3.8) is 0 Å². The molecular weight excluding hydrogens is 696 g/mol. The Hall–Kier alpha value is -6.41. The number of hydrogen-bond donors (Lipinski definition) is 0. The van der Waals surface area contributed by atoms with E-state index in [0.717, 1.165) is 45.3 Å². The maximum absolute atomic E-state index is 15.6. The minimum Gasteiger partial charge on any atom is -0.454 e. The first-order valence-electron chi connectivity index (χ1n) is 18.0. The van der Waals surface area contributed by atoms with Gasteiger partial charge in [-0.2, -0.15) is 4.39 Å². The summed E-state index contributed by atoms with van der Waals surface area (Å²) in [5.41, 5.74) is 8.17. The van der Waals surface area contributed by atoms with Gasteiger partial charge in [0.1, 0.15) is 11.5 Å². The summed E-state index contributed by atoms with van der Waals surface area (Å²) in [6.45, 7) is 12.2. The lowest BCUT2D eigenvalue weighted by molar-refractivity contribution is 0.393. The van der Waals surface area contributed by atoms with Gasteiger partial charge in [0.05, 0.1) is 11.4 Å². The van der Waals surface area contributed by atoms with Crippen LogP contribution in [0.4, 0.5) is 30.2 Å². The number of hydrogen-bond acceptors (Lipinski definition) is 5. The minimum atomic E-state index is -1.67. The molecule has 0 atom stereocenters. The molecule has 0 amide bonds. The van der Waals surface area contributed by atoms with Crippen LogP contribution in [0, 0.1) is 38.2 Å². The Kier molecular flexibility index (Phi) is 10.2. The second kappa shape index (κ2) is 15.1. The summed E-state index contributed by atoms with van der Waals surface area (Å²) in [7, 11) is 0. The Morgan fingerprint density at radius 2 is 1.16 bits per heavy atom. The molecule has 7 rings (SSSR count). The van der Waals surface area contributed by atoms with Gasteiger partial charge in [0.25, 0.3) is 0 Å². The summed E-state index contributed by atoms with van der Waals surface area (Å²) in [5, 5.41) is 0. The van der Waals surface area contributed by atoms with Gasteiger partial charge < -0.3 is 14.4 Å². The first kappa shape index (κ1) is 36.9. The molecule has 0 aliphatic carbocycles. The Bertz CT molecular complexity index is 2440. The second-order valence-corrected chi connectivity index (χ2v) is 14.6. The number of pyridine rings is 2. The molecule has 0 saturated heterocycles. The van der Waals surface area contributed by atoms with E-state index in [0.29, 0.717) is 17.3 Å². The lowest BCUT2D eigenvalue weighted by Crippen LogP contribution is -2.11. The van der Waals surface area contributed by atoms with E-state index >= 15 is 13.2 Å². The number of rotatable bonds is 9. The molecule has 0 saturated carbocycles. The first-order chi connectivity index (χ1) is 26.4. The zero-order chi connectivity index (χ0) is 38.9. The molecule has 0 aliphatic rings. The Balaban J connectivity index is 1.35. The van der Waals surface area contributed by atoms with E-state index < -0.39 is 23.2 Å². The van der Waals surface area contributed by atoms with Crippen LogP contribution in [0.3, 0.4) is 0 Å². The molecule has 0 N–H and O–H groups in total. The maximum atomic E-state index is 15.6. The number of aryl methyl sites for hydroxylation is 3. The van der Waals surface area contributed by atoms with Gasteiger partial charge in [-0.15, -0.1) is 0 Å². The summed E-state index contributed by atoms with van der Waals surface area (Å²) in [6, 6.07) is 37.1. The van der Waals surface area contributed by atoms with Crippen LogP contribution >= 0.6 is 0 Å². The molecule has 7 aromatic rings. The van der Waals surface area contributed by atoms with E-state index in [9.17, 15) is 0 Å². The minimum absolute atomic E-state index is 0.109. The summed E-state index contributed by atoms with van der Waals surface area (Å²) in [5.74, 6) is -4.27. The van der Waals surface area contributed by atoms with Crippen LogP contribution in [0.15, 0.2) is 134 Å². The molecule has 276 valence electrons. The Morgan fingerprint density at radius 1 is 0.564 bits per heavy atom. The number of nitrogens with zero attached hydrogens (tertiary/aromatic N) is 3. The van der Waals surface area contributed by atoms with Gasteiger partial charge in [0.15, 0.2) is 17.4 Å². The highest BCUT2D eigenvalue weighted by Gasteiger charge is 2.24. The van der Waals surface area contributed by atoms with Gasteiger partial charge >= 0.3 is 0 Å². The number of ether oxygens (including phenoxy) is 2. The third-order valence-corrected chi connectivity index (χ3v) is 9.32. The van der Waals surface area contributed by atoms with Crippen molar-refractivity contribution in [3.05, 3.63) is 173 Å². The normalized spacial score (nSPS) is 11.4. The number of halogens is 3. The third kappa shape index (κ3) is 7.94. The van der Waals surface area contributed by atoms with Gasteiger partial charge in [-0.25, -0.2) is 13.8 Å². The monoisotopic (exact) mass is 735 g/mol. The van der Waals surface area contributed by atoms with Crippen LogP contribution < -0.4 is 14.4 Å². The topological polar surface area (TPSA) is 47.5 Å². The van der Waals surface area contributed by atoms with Crippen molar-refractivity contribution in [2.45, 2.75) is 47.0 Å². The van der Waals surface area contributed by atoms with Crippen molar-refractivity contribution < 1.29 is 22.6 Å². The van der Waals surface area contributed by atoms with E-state index in [4.69, 9.17) is 9.47 Å². The Morgan fingerprint density at radius 3 is 1.78 bits per heavy atom. The fourth-order valence-corrected chi connectivity index (χ4v) is 6.79. The highest BCUT2D eigenvalue weighted by molar-refractivity contribution is 5.78. The van der Waals surface area contributed by atoms with E-state index in [1.165, 1.54) is 11.8 Å². The molecule has 5 aromatic carbocycles. The number of anilines is 3. The highest BCUT2D eigenvalue weighted by Crippen LogP contribution is 2.42. The molecule has 8 heteroatoms. The Labute approximate surface area is 319 Å². The van der Waals surface area contributed by atoms with Crippen molar-refractivity contribution >= 4 is 17.1 Å². The standard InChI is InChI=1S/C47H40F3N3O2/c1-29-21-30(2)43(31(3)22-29)32-17-19-52-42(23-32)55-38-26-36(53(34-13-9-7-10-14-34)35-15-11-8-12-16-35)25-37(27-38)54-41-28-39(44(48)46(50)45(41)49)40-24-33(18-20-51-40)47(4,5)6/h7-28H,1-6H3. The number of aromatic nitrogens is 2. The molecule has 0 bridgehead atoms.